The summed E-state index contributed by atoms with van der Waals surface area (Å²) in [7, 11) is 1.59. The lowest BCUT2D eigenvalue weighted by Crippen LogP contribution is -2.20. The third-order valence-electron chi connectivity index (χ3n) is 6.03. The van der Waals surface area contributed by atoms with Gasteiger partial charge in [-0.3, -0.25) is 0 Å². The zero-order valence-electron chi connectivity index (χ0n) is 18.8. The molecule has 0 bridgehead atoms. The van der Waals surface area contributed by atoms with Gasteiger partial charge in [-0.2, -0.15) is 4.73 Å². The summed E-state index contributed by atoms with van der Waals surface area (Å²) >= 11 is 0. The molecule has 8 nitrogen and oxygen atoms in total. The number of aromatic amines is 1. The smallest absolute Gasteiger partial charge is 0.292 e. The van der Waals surface area contributed by atoms with Crippen molar-refractivity contribution in [2.24, 2.45) is 0 Å². The maximum Gasteiger partial charge on any atom is 0.292 e. The van der Waals surface area contributed by atoms with Crippen LogP contribution in [0.15, 0.2) is 84.9 Å². The maximum absolute atomic E-state index is 13.0. The van der Waals surface area contributed by atoms with E-state index in [1.807, 2.05) is 48.5 Å². The monoisotopic (exact) mass is 465 g/mol. The highest BCUT2D eigenvalue weighted by Crippen LogP contribution is 2.33. The van der Waals surface area contributed by atoms with E-state index in [-0.39, 0.29) is 0 Å². The van der Waals surface area contributed by atoms with Crippen molar-refractivity contribution in [2.45, 2.75) is 6.61 Å². The third kappa shape index (κ3) is 3.52. The molecule has 0 unspecified atom stereocenters. The Morgan fingerprint density at radius 3 is 2.54 bits per heavy atom. The van der Waals surface area contributed by atoms with Crippen molar-refractivity contribution < 1.29 is 19.1 Å². The summed E-state index contributed by atoms with van der Waals surface area (Å²) in [5.74, 6) is 1.82. The number of para-hydroxylation sites is 2. The predicted octanol–water partition coefficient (Wildman–Crippen LogP) is 5.08. The Balaban J connectivity index is 1.40. The van der Waals surface area contributed by atoms with E-state index in [4.69, 9.17) is 9.47 Å². The normalized spacial score (nSPS) is 11.3. The fraction of sp³-hybridized carbons (Fsp3) is 0.0741. The topological polar surface area (TPSA) is 95.3 Å². The van der Waals surface area contributed by atoms with Gasteiger partial charge in [0.1, 0.15) is 12.4 Å². The summed E-state index contributed by atoms with van der Waals surface area (Å²) in [5, 5.41) is 10.7. The molecule has 2 aromatic heterocycles. The number of nitrogens with one attached hydrogen (secondary N) is 1. The van der Waals surface area contributed by atoms with Crippen molar-refractivity contribution in [3.8, 4) is 22.9 Å². The van der Waals surface area contributed by atoms with E-state index in [1.165, 1.54) is 0 Å². The summed E-state index contributed by atoms with van der Waals surface area (Å²) in [4.78, 5) is 20.9. The number of nitrogens with zero attached hydrogens (tertiary/aromatic N) is 3. The van der Waals surface area contributed by atoms with Gasteiger partial charge in [-0.15, -0.1) is 0 Å². The molecule has 6 aromatic rings. The second-order valence-electron chi connectivity index (χ2n) is 8.18. The fourth-order valence-electron chi connectivity index (χ4n) is 4.25. The van der Waals surface area contributed by atoms with Crippen LogP contribution < -0.4 is 13.9 Å². The van der Waals surface area contributed by atoms with Gasteiger partial charge in [0.2, 0.25) is 0 Å². The van der Waals surface area contributed by atoms with Crippen molar-refractivity contribution >= 4 is 33.1 Å². The quantitative estimate of drug-likeness (QED) is 0.210. The molecule has 0 saturated heterocycles. The Morgan fingerprint density at radius 2 is 1.71 bits per heavy atom. The highest BCUT2D eigenvalue weighted by molar-refractivity contribution is 5.93. The molecule has 172 valence electrons. The number of H-pyrrole nitrogens is 1. The summed E-state index contributed by atoms with van der Waals surface area (Å²) in [6, 6.07) is 25.8. The van der Waals surface area contributed by atoms with Crippen LogP contribution in [0.3, 0.4) is 0 Å². The van der Waals surface area contributed by atoms with E-state index < -0.39 is 0 Å². The van der Waals surface area contributed by atoms with E-state index in [9.17, 15) is 10.1 Å². The average Bonchev–Trinajstić information content (AvgIpc) is 3.33. The van der Waals surface area contributed by atoms with E-state index in [0.717, 1.165) is 20.3 Å². The number of imidazole rings is 1. The number of benzene rings is 4. The molecule has 0 saturated carbocycles. The van der Waals surface area contributed by atoms with Gasteiger partial charge < -0.3 is 19.7 Å². The molecule has 8 heteroatoms. The first-order chi connectivity index (χ1) is 17.1. The number of fused-ring (bicyclic) bond motifs is 3. The summed E-state index contributed by atoms with van der Waals surface area (Å²) in [6.45, 7) is 0.429. The van der Waals surface area contributed by atoms with Gasteiger partial charge in [0, 0.05) is 22.6 Å². The minimum Gasteiger partial charge on any atom is -0.493 e. The van der Waals surface area contributed by atoms with E-state index in [0.29, 0.717) is 57.0 Å². The van der Waals surface area contributed by atoms with Crippen molar-refractivity contribution in [2.75, 3.05) is 7.11 Å². The Kier molecular flexibility index (Phi) is 4.84. The average molecular weight is 465 g/mol. The molecule has 0 aliphatic heterocycles. The molecule has 0 fully saturated rings. The van der Waals surface area contributed by atoms with Crippen LogP contribution in [0.25, 0.3) is 44.5 Å². The molecule has 0 aliphatic rings. The second kappa shape index (κ2) is 8.18. The van der Waals surface area contributed by atoms with Gasteiger partial charge >= 0.3 is 0 Å². The Morgan fingerprint density at radius 1 is 0.914 bits per heavy atom. The first-order valence-electron chi connectivity index (χ1n) is 11.1. The van der Waals surface area contributed by atoms with Gasteiger partial charge in [-0.1, -0.05) is 42.5 Å². The van der Waals surface area contributed by atoms with Crippen LogP contribution in [0.5, 0.6) is 11.5 Å². The number of aromatic nitrogens is 4. The van der Waals surface area contributed by atoms with Crippen molar-refractivity contribution in [3.63, 3.8) is 0 Å². The van der Waals surface area contributed by atoms with Gasteiger partial charge in [-0.05, 0) is 35.9 Å². The summed E-state index contributed by atoms with van der Waals surface area (Å²) in [6.07, 6.45) is 0. The largest absolute Gasteiger partial charge is 0.493 e. The molecule has 0 radical (unpaired) electrons. The van der Waals surface area contributed by atoms with Crippen molar-refractivity contribution in [1.82, 2.24) is 14.7 Å². The van der Waals surface area contributed by atoms with Crippen LogP contribution >= 0.6 is 0 Å². The highest BCUT2D eigenvalue weighted by atomic mass is 16.5. The van der Waals surface area contributed by atoms with Crippen LogP contribution in [0.4, 0.5) is 0 Å². The Hall–Kier alpha value is -4.85. The minimum absolute atomic E-state index is 0.319. The van der Waals surface area contributed by atoms with Crippen LogP contribution in [-0.4, -0.2) is 27.0 Å². The Bertz CT molecular complexity index is 1770. The van der Waals surface area contributed by atoms with Crippen molar-refractivity contribution in [3.05, 3.63) is 95.4 Å². The van der Waals surface area contributed by atoms with Crippen LogP contribution in [-0.2, 0) is 6.61 Å². The van der Waals surface area contributed by atoms with Gasteiger partial charge in [0.15, 0.2) is 22.5 Å². The molecule has 0 aliphatic carbocycles. The van der Waals surface area contributed by atoms with E-state index >= 15 is 0 Å². The standard InChI is InChI=1S/C27H21N4O4/c1-34-26-13-18(11-12-25(26)35-16-17-7-3-2-4-8-17)27-28-19-14-23-24(15-20(19)29-27)31(33)22-10-6-5-9-21(22)30(23)32/h2-15,32H,16H2,1H3,(H,28,29)/q+1. The minimum atomic E-state index is 0.319. The summed E-state index contributed by atoms with van der Waals surface area (Å²) in [5.41, 5.74) is 4.64. The molecule has 2 N–H and O–H groups in total. The van der Waals surface area contributed by atoms with Crippen LogP contribution in [0.1, 0.15) is 5.56 Å². The van der Waals surface area contributed by atoms with Gasteiger partial charge in [-0.25, -0.2) is 4.98 Å². The number of ether oxygens (including phenoxy) is 2. The number of hydrogen-bond acceptors (Lipinski definition) is 5. The molecular weight excluding hydrogens is 444 g/mol. The first kappa shape index (κ1) is 20.7. The molecular formula is C27H21N4O4+. The molecule has 4 aromatic carbocycles. The highest BCUT2D eigenvalue weighted by Gasteiger charge is 2.20. The van der Waals surface area contributed by atoms with Crippen LogP contribution in [0.2, 0.25) is 0 Å². The fourth-order valence-corrected chi connectivity index (χ4v) is 4.25. The molecule has 6 rings (SSSR count). The number of methoxy groups -OCH3 is 1. The second-order valence-corrected chi connectivity index (χ2v) is 8.18. The van der Waals surface area contributed by atoms with E-state index in [1.54, 1.807) is 43.5 Å². The SMILES string of the molecule is COc1cc(-c2nc3cc4c(cc3[nH]2)n(O)c2ccccc2[n+]4=O)ccc1OCc1ccccc1. The van der Waals surface area contributed by atoms with E-state index in [2.05, 4.69) is 9.97 Å². The molecule has 2 heterocycles. The lowest BCUT2D eigenvalue weighted by Gasteiger charge is -2.11. The lowest BCUT2D eigenvalue weighted by molar-refractivity contribution is -0.433. The molecule has 0 spiro atoms. The zero-order chi connectivity index (χ0) is 23.9. The maximum atomic E-state index is 13.0. The predicted molar refractivity (Wildman–Crippen MR) is 132 cm³/mol. The number of hydrogen-bond donors (Lipinski definition) is 2. The zero-order valence-corrected chi connectivity index (χ0v) is 18.8. The summed E-state index contributed by atoms with van der Waals surface area (Å²) < 4.78 is 13.4. The third-order valence-corrected chi connectivity index (χ3v) is 6.03. The van der Waals surface area contributed by atoms with Crippen molar-refractivity contribution in [1.29, 1.82) is 0 Å². The number of rotatable bonds is 5. The van der Waals surface area contributed by atoms with Gasteiger partial charge in [0.05, 0.1) is 22.6 Å². The molecule has 35 heavy (non-hydrogen) atoms. The van der Waals surface area contributed by atoms with Gasteiger partial charge in [0.25, 0.3) is 11.0 Å². The van der Waals surface area contributed by atoms with Crippen LogP contribution in [0, 0.1) is 4.91 Å². The molecule has 0 atom stereocenters. The Labute approximate surface area is 199 Å². The molecule has 0 amide bonds. The first-order valence-corrected chi connectivity index (χ1v) is 11.1. The lowest BCUT2D eigenvalue weighted by atomic mass is 10.2.